The minimum Gasteiger partial charge on any atom is -0.347 e. The van der Waals surface area contributed by atoms with Crippen molar-refractivity contribution in [3.63, 3.8) is 0 Å². The van der Waals surface area contributed by atoms with Crippen molar-refractivity contribution in [3.05, 3.63) is 69.8 Å². The van der Waals surface area contributed by atoms with Gasteiger partial charge in [-0.1, -0.05) is 12.1 Å². The Balaban J connectivity index is 2.21. The molecule has 0 saturated heterocycles. The van der Waals surface area contributed by atoms with Crippen LogP contribution in [0.1, 0.15) is 41.5 Å². The maximum absolute atomic E-state index is 12.4. The Morgan fingerprint density at radius 2 is 1.56 bits per heavy atom. The van der Waals surface area contributed by atoms with Crippen molar-refractivity contribution in [2.45, 2.75) is 26.3 Å². The molecule has 2 aromatic carbocycles. The summed E-state index contributed by atoms with van der Waals surface area (Å²) in [5, 5.41) is 16.2. The Kier molecular flexibility index (Phi) is 5.17. The normalized spacial score (nSPS) is 10.8. The number of hydrogen-bond donors (Lipinski definition) is 2. The fourth-order valence-corrected chi connectivity index (χ4v) is 2.13. The Labute approximate surface area is 145 Å². The van der Waals surface area contributed by atoms with Crippen LogP contribution < -0.4 is 10.6 Å². The number of carbonyl (C=O) groups excluding carboxylic acids is 2. The third-order valence-electron chi connectivity index (χ3n) is 3.25. The van der Waals surface area contributed by atoms with E-state index in [9.17, 15) is 19.7 Å². The summed E-state index contributed by atoms with van der Waals surface area (Å²) in [5.74, 6) is -0.752. The second-order valence-corrected chi connectivity index (χ2v) is 6.51. The number of nitro groups is 1. The van der Waals surface area contributed by atoms with Crippen molar-refractivity contribution < 1.29 is 14.5 Å². The molecule has 0 radical (unpaired) electrons. The van der Waals surface area contributed by atoms with Gasteiger partial charge in [0.25, 0.3) is 17.5 Å². The summed E-state index contributed by atoms with van der Waals surface area (Å²) in [6, 6.07) is 11.9. The van der Waals surface area contributed by atoms with Gasteiger partial charge in [0.05, 0.1) is 16.2 Å². The van der Waals surface area contributed by atoms with Crippen molar-refractivity contribution in [1.82, 2.24) is 5.32 Å². The monoisotopic (exact) mass is 341 g/mol. The Hall–Kier alpha value is -3.22. The van der Waals surface area contributed by atoms with E-state index in [2.05, 4.69) is 10.6 Å². The average molecular weight is 341 g/mol. The molecule has 0 unspecified atom stereocenters. The molecule has 7 nitrogen and oxygen atoms in total. The molecular formula is C18H19N3O4. The Morgan fingerprint density at radius 1 is 0.960 bits per heavy atom. The van der Waals surface area contributed by atoms with E-state index in [1.54, 1.807) is 24.3 Å². The minimum atomic E-state index is -0.534. The lowest BCUT2D eigenvalue weighted by Crippen LogP contribution is -2.40. The average Bonchev–Trinajstić information content (AvgIpc) is 2.53. The molecular weight excluding hydrogens is 322 g/mol. The number of nitro benzene ring substituents is 1. The van der Waals surface area contributed by atoms with Crippen LogP contribution in [0, 0.1) is 10.1 Å². The van der Waals surface area contributed by atoms with Crippen LogP contribution in [0.2, 0.25) is 0 Å². The number of para-hydroxylation sites is 1. The second kappa shape index (κ2) is 7.12. The molecule has 0 bridgehead atoms. The van der Waals surface area contributed by atoms with Gasteiger partial charge >= 0.3 is 0 Å². The predicted octanol–water partition coefficient (Wildman–Crippen LogP) is 3.38. The van der Waals surface area contributed by atoms with Crippen molar-refractivity contribution in [2.75, 3.05) is 5.32 Å². The first-order valence-electron chi connectivity index (χ1n) is 7.65. The fraction of sp³-hybridized carbons (Fsp3) is 0.222. The van der Waals surface area contributed by atoms with Gasteiger partial charge in [-0.15, -0.1) is 0 Å². The summed E-state index contributed by atoms with van der Waals surface area (Å²) in [6.07, 6.45) is 0. The highest BCUT2D eigenvalue weighted by Gasteiger charge is 2.19. The van der Waals surface area contributed by atoms with Crippen molar-refractivity contribution in [2.24, 2.45) is 0 Å². The number of carbonyl (C=O) groups is 2. The topological polar surface area (TPSA) is 101 Å². The number of nitrogens with one attached hydrogen (secondary N) is 2. The van der Waals surface area contributed by atoms with Crippen LogP contribution in [0.5, 0.6) is 0 Å². The standard InChI is InChI=1S/C18H19N3O4/c1-18(2,3)20-17(23)14-6-4-5-7-15(14)19-16(22)12-8-10-13(11-9-12)21(24)25/h4-11H,1-3H3,(H,19,22)(H,20,23). The molecule has 130 valence electrons. The molecule has 25 heavy (non-hydrogen) atoms. The molecule has 0 aliphatic heterocycles. The van der Waals surface area contributed by atoms with Crippen molar-refractivity contribution in [1.29, 1.82) is 0 Å². The number of benzene rings is 2. The van der Waals surface area contributed by atoms with E-state index in [1.807, 2.05) is 20.8 Å². The number of nitrogens with zero attached hydrogens (tertiary/aromatic N) is 1. The molecule has 0 aromatic heterocycles. The molecule has 0 atom stereocenters. The molecule has 7 heteroatoms. The van der Waals surface area contributed by atoms with Crippen molar-refractivity contribution in [3.8, 4) is 0 Å². The minimum absolute atomic E-state index is 0.0958. The van der Waals surface area contributed by atoms with Crippen molar-refractivity contribution >= 4 is 23.2 Å². The van der Waals surface area contributed by atoms with Gasteiger partial charge in [-0.05, 0) is 45.0 Å². The first-order valence-corrected chi connectivity index (χ1v) is 7.65. The van der Waals surface area contributed by atoms with E-state index in [1.165, 1.54) is 24.3 Å². The third-order valence-corrected chi connectivity index (χ3v) is 3.25. The largest absolute Gasteiger partial charge is 0.347 e. The van der Waals surface area contributed by atoms with Gasteiger partial charge in [0.1, 0.15) is 0 Å². The van der Waals surface area contributed by atoms with Crippen LogP contribution in [0.15, 0.2) is 48.5 Å². The van der Waals surface area contributed by atoms with E-state index in [4.69, 9.17) is 0 Å². The van der Waals surface area contributed by atoms with Crippen LogP contribution in [-0.2, 0) is 0 Å². The zero-order valence-electron chi connectivity index (χ0n) is 14.2. The van der Waals surface area contributed by atoms with Crippen LogP contribution in [0.4, 0.5) is 11.4 Å². The lowest BCUT2D eigenvalue weighted by Gasteiger charge is -2.21. The summed E-state index contributed by atoms with van der Waals surface area (Å²) >= 11 is 0. The summed E-state index contributed by atoms with van der Waals surface area (Å²) in [6.45, 7) is 5.59. The quantitative estimate of drug-likeness (QED) is 0.657. The number of rotatable bonds is 4. The van der Waals surface area contributed by atoms with Crippen LogP contribution in [-0.4, -0.2) is 22.3 Å². The maximum atomic E-state index is 12.4. The van der Waals surface area contributed by atoms with E-state index in [0.29, 0.717) is 11.3 Å². The summed E-state index contributed by atoms with van der Waals surface area (Å²) in [5.41, 5.74) is 0.463. The number of non-ortho nitro benzene ring substituents is 1. The van der Waals surface area contributed by atoms with Gasteiger partial charge in [-0.25, -0.2) is 0 Å². The second-order valence-electron chi connectivity index (χ2n) is 6.51. The molecule has 0 saturated carbocycles. The number of amides is 2. The van der Waals surface area contributed by atoms with Crippen LogP contribution in [0.25, 0.3) is 0 Å². The highest BCUT2D eigenvalue weighted by molar-refractivity contribution is 6.09. The number of anilines is 1. The summed E-state index contributed by atoms with van der Waals surface area (Å²) in [7, 11) is 0. The van der Waals surface area contributed by atoms with Gasteiger partial charge in [0.2, 0.25) is 0 Å². The van der Waals surface area contributed by atoms with Gasteiger partial charge in [0.15, 0.2) is 0 Å². The summed E-state index contributed by atoms with van der Waals surface area (Å²) < 4.78 is 0. The van der Waals surface area contributed by atoms with E-state index >= 15 is 0 Å². The SMILES string of the molecule is CC(C)(C)NC(=O)c1ccccc1NC(=O)c1ccc([N+](=O)[O-])cc1. The molecule has 0 fully saturated rings. The van der Waals surface area contributed by atoms with Gasteiger partial charge in [-0.2, -0.15) is 0 Å². The molecule has 2 rings (SSSR count). The molecule has 0 heterocycles. The lowest BCUT2D eigenvalue weighted by atomic mass is 10.1. The highest BCUT2D eigenvalue weighted by Crippen LogP contribution is 2.18. The van der Waals surface area contributed by atoms with Crippen LogP contribution in [0.3, 0.4) is 0 Å². The predicted molar refractivity (Wildman–Crippen MR) is 94.7 cm³/mol. The van der Waals surface area contributed by atoms with E-state index in [0.717, 1.165) is 0 Å². The smallest absolute Gasteiger partial charge is 0.269 e. The summed E-state index contributed by atoms with van der Waals surface area (Å²) in [4.78, 5) is 34.9. The zero-order valence-corrected chi connectivity index (χ0v) is 14.2. The first kappa shape index (κ1) is 18.1. The molecule has 2 N–H and O–H groups in total. The highest BCUT2D eigenvalue weighted by atomic mass is 16.6. The Bertz CT molecular complexity index is 808. The van der Waals surface area contributed by atoms with Gasteiger partial charge < -0.3 is 10.6 Å². The number of hydrogen-bond acceptors (Lipinski definition) is 4. The maximum Gasteiger partial charge on any atom is 0.269 e. The van der Waals surface area contributed by atoms with E-state index in [-0.39, 0.29) is 17.2 Å². The van der Waals surface area contributed by atoms with Gasteiger partial charge in [0, 0.05) is 23.2 Å². The van der Waals surface area contributed by atoms with Gasteiger partial charge in [-0.3, -0.25) is 19.7 Å². The molecule has 2 aromatic rings. The molecule has 0 aliphatic carbocycles. The molecule has 0 spiro atoms. The zero-order chi connectivity index (χ0) is 18.6. The third kappa shape index (κ3) is 4.87. The van der Waals surface area contributed by atoms with E-state index < -0.39 is 16.4 Å². The van der Waals surface area contributed by atoms with Crippen LogP contribution >= 0.6 is 0 Å². The fourth-order valence-electron chi connectivity index (χ4n) is 2.13. The molecule has 0 aliphatic rings. The first-order chi connectivity index (χ1) is 11.7. The Morgan fingerprint density at radius 3 is 2.12 bits per heavy atom. The lowest BCUT2D eigenvalue weighted by molar-refractivity contribution is -0.384. The molecule has 2 amide bonds.